The zero-order chi connectivity index (χ0) is 18.5. The van der Waals surface area contributed by atoms with E-state index >= 15 is 0 Å². The summed E-state index contributed by atoms with van der Waals surface area (Å²) >= 11 is 0. The summed E-state index contributed by atoms with van der Waals surface area (Å²) in [5.41, 5.74) is 1.33. The van der Waals surface area contributed by atoms with E-state index in [0.717, 1.165) is 32.2 Å². The molecule has 4 aliphatic carbocycles. The SMILES string of the molecule is CC(C)CN(C)C(=O)CC1(c2ccccc2)C2CC3CC1CC(C2)C3O. The molecule has 4 bridgehead atoms. The fraction of sp³-hybridized carbons (Fsp3) is 0.696. The van der Waals surface area contributed by atoms with Gasteiger partial charge in [-0.05, 0) is 60.8 Å². The number of amides is 1. The molecular formula is C23H33NO2. The van der Waals surface area contributed by atoms with Crippen LogP contribution >= 0.6 is 0 Å². The predicted molar refractivity (Wildman–Crippen MR) is 104 cm³/mol. The molecule has 1 N–H and O–H groups in total. The molecule has 0 saturated heterocycles. The van der Waals surface area contributed by atoms with E-state index in [4.69, 9.17) is 0 Å². The third-order valence-corrected chi connectivity index (χ3v) is 7.59. The smallest absolute Gasteiger partial charge is 0.223 e. The molecule has 4 fully saturated rings. The Morgan fingerprint density at radius 2 is 1.65 bits per heavy atom. The van der Waals surface area contributed by atoms with E-state index in [0.29, 0.717) is 36.0 Å². The zero-order valence-electron chi connectivity index (χ0n) is 16.4. The number of aliphatic hydroxyl groups excluding tert-OH is 1. The van der Waals surface area contributed by atoms with E-state index in [1.165, 1.54) is 5.56 Å². The number of nitrogens with zero attached hydrogens (tertiary/aromatic N) is 1. The van der Waals surface area contributed by atoms with Gasteiger partial charge in [-0.1, -0.05) is 44.2 Å². The first-order valence-corrected chi connectivity index (χ1v) is 10.4. The monoisotopic (exact) mass is 355 g/mol. The number of hydrogen-bond acceptors (Lipinski definition) is 2. The fourth-order valence-electron chi connectivity index (χ4n) is 6.61. The quantitative estimate of drug-likeness (QED) is 0.871. The largest absolute Gasteiger partial charge is 0.393 e. The van der Waals surface area contributed by atoms with Crippen molar-refractivity contribution in [1.82, 2.24) is 4.90 Å². The van der Waals surface area contributed by atoms with Gasteiger partial charge in [-0.3, -0.25) is 4.79 Å². The first kappa shape index (κ1) is 18.0. The lowest BCUT2D eigenvalue weighted by Crippen LogP contribution is -2.61. The van der Waals surface area contributed by atoms with Crippen LogP contribution in [-0.2, 0) is 10.2 Å². The lowest BCUT2D eigenvalue weighted by Gasteiger charge is -2.63. The molecule has 4 saturated carbocycles. The number of benzene rings is 1. The van der Waals surface area contributed by atoms with E-state index < -0.39 is 0 Å². The van der Waals surface area contributed by atoms with Crippen LogP contribution in [0, 0.1) is 29.6 Å². The second kappa shape index (κ2) is 6.67. The van der Waals surface area contributed by atoms with E-state index in [2.05, 4.69) is 44.2 Å². The van der Waals surface area contributed by atoms with Crippen molar-refractivity contribution in [2.24, 2.45) is 29.6 Å². The molecule has 1 aromatic carbocycles. The summed E-state index contributed by atoms with van der Waals surface area (Å²) < 4.78 is 0. The fourth-order valence-corrected chi connectivity index (χ4v) is 6.61. The highest BCUT2D eigenvalue weighted by Crippen LogP contribution is 2.64. The van der Waals surface area contributed by atoms with Gasteiger partial charge < -0.3 is 10.0 Å². The van der Waals surface area contributed by atoms with Crippen LogP contribution in [0.2, 0.25) is 0 Å². The van der Waals surface area contributed by atoms with Gasteiger partial charge in [0.1, 0.15) is 0 Å². The molecule has 0 aliphatic heterocycles. The highest BCUT2D eigenvalue weighted by atomic mass is 16.3. The van der Waals surface area contributed by atoms with Gasteiger partial charge in [-0.2, -0.15) is 0 Å². The Morgan fingerprint density at radius 3 is 2.15 bits per heavy atom. The molecule has 1 aromatic rings. The summed E-state index contributed by atoms with van der Waals surface area (Å²) in [5, 5.41) is 10.6. The molecule has 0 spiro atoms. The molecule has 0 aromatic heterocycles. The van der Waals surface area contributed by atoms with Crippen LogP contribution in [-0.4, -0.2) is 35.6 Å². The average molecular weight is 356 g/mol. The summed E-state index contributed by atoms with van der Waals surface area (Å²) in [7, 11) is 1.96. The number of rotatable bonds is 5. The zero-order valence-corrected chi connectivity index (χ0v) is 16.4. The van der Waals surface area contributed by atoms with Crippen molar-refractivity contribution in [3.63, 3.8) is 0 Å². The minimum atomic E-state index is -0.101. The van der Waals surface area contributed by atoms with Crippen LogP contribution in [0.1, 0.15) is 51.5 Å². The molecule has 142 valence electrons. The summed E-state index contributed by atoms with van der Waals surface area (Å²) in [6.07, 6.45) is 4.88. The minimum Gasteiger partial charge on any atom is -0.393 e. The minimum absolute atomic E-state index is 0.0310. The van der Waals surface area contributed by atoms with Crippen LogP contribution in [0.25, 0.3) is 0 Å². The van der Waals surface area contributed by atoms with Gasteiger partial charge in [0, 0.05) is 25.4 Å². The Labute approximate surface area is 157 Å². The maximum absolute atomic E-state index is 13.2. The number of aliphatic hydroxyl groups is 1. The van der Waals surface area contributed by atoms with Crippen LogP contribution in [0.4, 0.5) is 0 Å². The molecular weight excluding hydrogens is 322 g/mol. The van der Waals surface area contributed by atoms with Gasteiger partial charge in [0.25, 0.3) is 0 Å². The van der Waals surface area contributed by atoms with Crippen molar-refractivity contribution in [2.75, 3.05) is 13.6 Å². The number of carbonyl (C=O) groups excluding carboxylic acids is 1. The van der Waals surface area contributed by atoms with Crippen molar-refractivity contribution < 1.29 is 9.90 Å². The van der Waals surface area contributed by atoms with Crippen LogP contribution in [0.5, 0.6) is 0 Å². The van der Waals surface area contributed by atoms with Gasteiger partial charge in [-0.25, -0.2) is 0 Å². The standard InChI is InChI=1S/C23H33NO2/c1-15(2)14-24(3)21(25)13-23(18-7-5-4-6-8-18)19-9-16-10-20(23)12-17(11-19)22(16)26/h4-8,15-17,19-20,22,26H,9-14H2,1-3H3. The first-order chi connectivity index (χ1) is 12.4. The highest BCUT2D eigenvalue weighted by molar-refractivity contribution is 5.78. The van der Waals surface area contributed by atoms with Crippen molar-refractivity contribution in [2.45, 2.75) is 57.5 Å². The van der Waals surface area contributed by atoms with Crippen molar-refractivity contribution in [3.05, 3.63) is 35.9 Å². The van der Waals surface area contributed by atoms with Crippen LogP contribution in [0.3, 0.4) is 0 Å². The molecule has 3 heteroatoms. The lowest BCUT2D eigenvalue weighted by molar-refractivity contribution is -0.152. The Morgan fingerprint density at radius 1 is 1.12 bits per heavy atom. The number of hydrogen-bond donors (Lipinski definition) is 1. The summed E-state index contributed by atoms with van der Waals surface area (Å²) in [4.78, 5) is 15.1. The van der Waals surface area contributed by atoms with E-state index in [1.54, 1.807) is 0 Å². The molecule has 26 heavy (non-hydrogen) atoms. The Kier molecular flexibility index (Phi) is 4.63. The second-order valence-electron chi connectivity index (χ2n) is 9.60. The average Bonchev–Trinajstić information content (AvgIpc) is 2.60. The topological polar surface area (TPSA) is 40.5 Å². The molecule has 5 rings (SSSR count). The molecule has 3 nitrogen and oxygen atoms in total. The van der Waals surface area contributed by atoms with Crippen molar-refractivity contribution in [1.29, 1.82) is 0 Å². The Hall–Kier alpha value is -1.35. The van der Waals surface area contributed by atoms with Gasteiger partial charge >= 0.3 is 0 Å². The summed E-state index contributed by atoms with van der Waals surface area (Å²) in [6, 6.07) is 10.8. The highest BCUT2D eigenvalue weighted by Gasteiger charge is 2.61. The van der Waals surface area contributed by atoms with Gasteiger partial charge in [0.15, 0.2) is 0 Å². The first-order valence-electron chi connectivity index (χ1n) is 10.4. The predicted octanol–water partition coefficient (Wildman–Crippen LogP) is 3.86. The van der Waals surface area contributed by atoms with Crippen molar-refractivity contribution >= 4 is 5.91 Å². The van der Waals surface area contributed by atoms with Crippen molar-refractivity contribution in [3.8, 4) is 0 Å². The molecule has 0 atom stereocenters. The summed E-state index contributed by atoms with van der Waals surface area (Å²) in [6.45, 7) is 5.16. The molecule has 0 unspecified atom stereocenters. The summed E-state index contributed by atoms with van der Waals surface area (Å²) in [5.74, 6) is 2.76. The third kappa shape index (κ3) is 2.79. The Bertz CT molecular complexity index is 623. The van der Waals surface area contributed by atoms with E-state index in [9.17, 15) is 9.90 Å². The lowest BCUT2D eigenvalue weighted by atomic mass is 9.42. The maximum atomic E-state index is 13.2. The van der Waals surface area contributed by atoms with E-state index in [1.807, 2.05) is 11.9 Å². The second-order valence-corrected chi connectivity index (χ2v) is 9.60. The Balaban J connectivity index is 1.68. The van der Waals surface area contributed by atoms with Gasteiger partial charge in [-0.15, -0.1) is 0 Å². The van der Waals surface area contributed by atoms with Gasteiger partial charge in [0.2, 0.25) is 5.91 Å². The molecule has 4 aliphatic rings. The third-order valence-electron chi connectivity index (χ3n) is 7.59. The maximum Gasteiger partial charge on any atom is 0.223 e. The normalized spacial score (nSPS) is 38.0. The molecule has 0 radical (unpaired) electrons. The van der Waals surface area contributed by atoms with E-state index in [-0.39, 0.29) is 17.4 Å². The van der Waals surface area contributed by atoms with Crippen LogP contribution in [0.15, 0.2) is 30.3 Å². The van der Waals surface area contributed by atoms with Crippen LogP contribution < -0.4 is 0 Å². The molecule has 1 amide bonds. The molecule has 0 heterocycles. The van der Waals surface area contributed by atoms with Gasteiger partial charge in [0.05, 0.1) is 6.10 Å². The number of carbonyl (C=O) groups is 1.